The largest absolute Gasteiger partial charge is 0.444 e. The van der Waals surface area contributed by atoms with Gasteiger partial charge in [0.1, 0.15) is 11.4 Å². The van der Waals surface area contributed by atoms with E-state index >= 15 is 0 Å². The van der Waals surface area contributed by atoms with Crippen molar-refractivity contribution >= 4 is 40.6 Å². The molecule has 1 N–H and O–H groups in total. The quantitative estimate of drug-likeness (QED) is 0.695. The van der Waals surface area contributed by atoms with Gasteiger partial charge in [0.15, 0.2) is 5.13 Å². The summed E-state index contributed by atoms with van der Waals surface area (Å²) in [5.41, 5.74) is -0.608. The summed E-state index contributed by atoms with van der Waals surface area (Å²) in [6, 6.07) is 0. The zero-order valence-electron chi connectivity index (χ0n) is 20.2. The Bertz CT molecular complexity index is 991. The molecule has 1 aliphatic heterocycles. The van der Waals surface area contributed by atoms with Gasteiger partial charge in [-0.25, -0.2) is 14.8 Å². The van der Waals surface area contributed by atoms with Crippen LogP contribution in [0.25, 0.3) is 12.2 Å². The fourth-order valence-corrected chi connectivity index (χ4v) is 3.80. The third kappa shape index (κ3) is 7.68. The van der Waals surface area contributed by atoms with Gasteiger partial charge in [-0.3, -0.25) is 9.69 Å². The zero-order valence-corrected chi connectivity index (χ0v) is 21.0. The van der Waals surface area contributed by atoms with Crippen LogP contribution in [0.5, 0.6) is 0 Å². The van der Waals surface area contributed by atoms with E-state index in [9.17, 15) is 9.59 Å². The number of oxazole rings is 1. The van der Waals surface area contributed by atoms with E-state index in [1.807, 2.05) is 31.7 Å². The number of amides is 2. The maximum Gasteiger partial charge on any atom is 0.410 e. The predicted octanol–water partition coefficient (Wildman–Crippen LogP) is 4.09. The number of hydrogen-bond acceptors (Lipinski definition) is 8. The molecule has 2 aromatic rings. The van der Waals surface area contributed by atoms with Gasteiger partial charge < -0.3 is 19.4 Å². The molecule has 0 unspecified atom stereocenters. The molecule has 0 aromatic carbocycles. The third-order valence-corrected chi connectivity index (χ3v) is 5.69. The van der Waals surface area contributed by atoms with Crippen LogP contribution in [0.3, 0.4) is 0 Å². The average molecular weight is 476 g/mol. The Morgan fingerprint density at radius 3 is 2.39 bits per heavy atom. The molecule has 0 spiro atoms. The van der Waals surface area contributed by atoms with Crippen LogP contribution in [0.4, 0.5) is 9.93 Å². The number of carbonyl (C=O) groups is 2. The molecule has 33 heavy (non-hydrogen) atoms. The fraction of sp³-hybridized carbons (Fsp3) is 0.565. The number of nitrogens with one attached hydrogen (secondary N) is 1. The van der Waals surface area contributed by atoms with Crippen molar-refractivity contribution in [2.75, 3.05) is 38.0 Å². The fourth-order valence-electron chi connectivity index (χ4n) is 3.06. The number of nitrogens with zero attached hydrogens (tertiary/aromatic N) is 4. The van der Waals surface area contributed by atoms with E-state index in [2.05, 4.69) is 36.1 Å². The van der Waals surface area contributed by atoms with Crippen LogP contribution in [-0.4, -0.2) is 70.1 Å². The highest BCUT2D eigenvalue weighted by atomic mass is 32.1. The Morgan fingerprint density at radius 2 is 1.79 bits per heavy atom. The molecule has 3 heterocycles. The first kappa shape index (κ1) is 24.9. The number of ether oxygens (including phenoxy) is 1. The van der Waals surface area contributed by atoms with Gasteiger partial charge in [-0.05, 0) is 26.8 Å². The van der Waals surface area contributed by atoms with Crippen LogP contribution < -0.4 is 5.32 Å². The second-order valence-corrected chi connectivity index (χ2v) is 11.1. The standard InChI is InChI=1S/C23H33N5O4S/c1-22(2,3)17-14-24-19(31-17)8-7-16-13-25-20(33-16)26-18(29)15-27-9-11-28(12-10-27)21(30)32-23(4,5)6/h7-8,13-14H,9-12,15H2,1-6H3,(H,25,26,29)/b8-7+. The molecule has 0 aliphatic carbocycles. The molecule has 3 rings (SSSR count). The van der Waals surface area contributed by atoms with Crippen molar-refractivity contribution in [1.29, 1.82) is 0 Å². The first-order valence-electron chi connectivity index (χ1n) is 11.0. The molecule has 0 radical (unpaired) electrons. The Morgan fingerprint density at radius 1 is 1.09 bits per heavy atom. The van der Waals surface area contributed by atoms with Crippen LogP contribution in [-0.2, 0) is 14.9 Å². The normalized spacial score (nSPS) is 15.8. The van der Waals surface area contributed by atoms with Crippen molar-refractivity contribution in [2.45, 2.75) is 52.6 Å². The molecule has 1 saturated heterocycles. The second-order valence-electron chi connectivity index (χ2n) is 10.0. The lowest BCUT2D eigenvalue weighted by molar-refractivity contribution is -0.117. The van der Waals surface area contributed by atoms with Gasteiger partial charge in [0.05, 0.1) is 12.7 Å². The molecule has 1 fully saturated rings. The van der Waals surface area contributed by atoms with Crippen molar-refractivity contribution in [3.63, 3.8) is 0 Å². The predicted molar refractivity (Wildman–Crippen MR) is 129 cm³/mol. The average Bonchev–Trinajstić information content (AvgIpc) is 3.34. The monoisotopic (exact) mass is 475 g/mol. The Hall–Kier alpha value is -2.72. The van der Waals surface area contributed by atoms with Crippen LogP contribution in [0.15, 0.2) is 16.8 Å². The molecule has 180 valence electrons. The SMILES string of the molecule is CC(C)(C)OC(=O)N1CCN(CC(=O)Nc2ncc(/C=C/c3ncc(C(C)(C)C)o3)s2)CC1. The van der Waals surface area contributed by atoms with Gasteiger partial charge in [-0.2, -0.15) is 0 Å². The van der Waals surface area contributed by atoms with Gasteiger partial charge in [0, 0.05) is 48.7 Å². The lowest BCUT2D eigenvalue weighted by Crippen LogP contribution is -2.51. The van der Waals surface area contributed by atoms with E-state index < -0.39 is 5.60 Å². The summed E-state index contributed by atoms with van der Waals surface area (Å²) in [5, 5.41) is 3.38. The van der Waals surface area contributed by atoms with Crippen LogP contribution >= 0.6 is 11.3 Å². The maximum absolute atomic E-state index is 12.4. The molecule has 2 aromatic heterocycles. The second kappa shape index (κ2) is 10.0. The minimum Gasteiger partial charge on any atom is -0.444 e. The number of thiazole rings is 1. The summed E-state index contributed by atoms with van der Waals surface area (Å²) in [6.45, 7) is 14.3. The van der Waals surface area contributed by atoms with E-state index in [0.29, 0.717) is 37.2 Å². The van der Waals surface area contributed by atoms with Gasteiger partial charge in [0.2, 0.25) is 11.8 Å². The van der Waals surface area contributed by atoms with Crippen molar-refractivity contribution in [1.82, 2.24) is 19.8 Å². The smallest absolute Gasteiger partial charge is 0.410 e. The van der Waals surface area contributed by atoms with Gasteiger partial charge in [0.25, 0.3) is 0 Å². The minimum atomic E-state index is -0.514. The highest BCUT2D eigenvalue weighted by Crippen LogP contribution is 2.24. The van der Waals surface area contributed by atoms with E-state index in [1.54, 1.807) is 23.4 Å². The molecular weight excluding hydrogens is 442 g/mol. The van der Waals surface area contributed by atoms with Crippen molar-refractivity contribution in [3.8, 4) is 0 Å². The zero-order chi connectivity index (χ0) is 24.2. The van der Waals surface area contributed by atoms with Crippen molar-refractivity contribution in [3.05, 3.63) is 28.9 Å². The summed E-state index contributed by atoms with van der Waals surface area (Å²) < 4.78 is 11.2. The Kier molecular flexibility index (Phi) is 7.58. The summed E-state index contributed by atoms with van der Waals surface area (Å²) in [6.07, 6.45) is 6.78. The van der Waals surface area contributed by atoms with Crippen LogP contribution in [0.2, 0.25) is 0 Å². The van der Waals surface area contributed by atoms with E-state index in [1.165, 1.54) is 11.3 Å². The van der Waals surface area contributed by atoms with Crippen LogP contribution in [0.1, 0.15) is 58.1 Å². The van der Waals surface area contributed by atoms with E-state index in [-0.39, 0.29) is 24.0 Å². The molecule has 0 bridgehead atoms. The topological polar surface area (TPSA) is 101 Å². The van der Waals surface area contributed by atoms with Gasteiger partial charge in [-0.15, -0.1) is 0 Å². The van der Waals surface area contributed by atoms with Gasteiger partial charge in [-0.1, -0.05) is 32.1 Å². The number of carbonyl (C=O) groups excluding carboxylic acids is 2. The van der Waals surface area contributed by atoms with Crippen molar-refractivity contribution in [2.24, 2.45) is 0 Å². The Labute approximate surface area is 198 Å². The minimum absolute atomic E-state index is 0.0938. The molecule has 1 aliphatic rings. The summed E-state index contributed by atoms with van der Waals surface area (Å²) in [7, 11) is 0. The van der Waals surface area contributed by atoms with Crippen molar-refractivity contribution < 1.29 is 18.7 Å². The lowest BCUT2D eigenvalue weighted by atomic mass is 9.94. The summed E-state index contributed by atoms with van der Waals surface area (Å²) >= 11 is 1.38. The number of hydrogen-bond donors (Lipinski definition) is 1. The molecule has 9 nitrogen and oxygen atoms in total. The molecule has 0 saturated carbocycles. The van der Waals surface area contributed by atoms with E-state index in [4.69, 9.17) is 9.15 Å². The maximum atomic E-state index is 12.4. The number of piperazine rings is 1. The molecule has 0 atom stereocenters. The number of anilines is 1. The third-order valence-electron chi connectivity index (χ3n) is 4.81. The highest BCUT2D eigenvalue weighted by Gasteiger charge is 2.26. The molecular formula is C23H33N5O4S. The van der Waals surface area contributed by atoms with E-state index in [0.717, 1.165) is 10.6 Å². The molecule has 2 amide bonds. The summed E-state index contributed by atoms with van der Waals surface area (Å²) in [4.78, 5) is 37.7. The Balaban J connectivity index is 1.45. The van der Waals surface area contributed by atoms with Gasteiger partial charge >= 0.3 is 6.09 Å². The number of rotatable bonds is 5. The van der Waals surface area contributed by atoms with Crippen LogP contribution in [0, 0.1) is 0 Å². The first-order chi connectivity index (χ1) is 15.4. The number of aromatic nitrogens is 2. The molecule has 10 heteroatoms. The first-order valence-corrected chi connectivity index (χ1v) is 11.8. The highest BCUT2D eigenvalue weighted by molar-refractivity contribution is 7.16. The lowest BCUT2D eigenvalue weighted by Gasteiger charge is -2.35. The summed E-state index contributed by atoms with van der Waals surface area (Å²) in [5.74, 6) is 1.23.